The third-order valence-electron chi connectivity index (χ3n) is 2.88. The van der Waals surface area contributed by atoms with Crippen molar-refractivity contribution < 1.29 is 15.2 Å². The van der Waals surface area contributed by atoms with Crippen LogP contribution in [0.4, 0.5) is 0 Å². The summed E-state index contributed by atoms with van der Waals surface area (Å²) in [5.41, 5.74) is 2.58. The minimum absolute atomic E-state index is 0.263. The summed E-state index contributed by atoms with van der Waals surface area (Å²) in [6.07, 6.45) is 2.19. The molecule has 3 N–H and O–H groups in total. The zero-order valence-electron chi connectivity index (χ0n) is 10.9. The van der Waals surface area contributed by atoms with Gasteiger partial charge in [0.2, 0.25) is 0 Å². The molecule has 0 spiro atoms. The maximum atomic E-state index is 8.61. The predicted octanol–water partition coefficient (Wildman–Crippen LogP) is 1.02. The molecule has 0 bridgehead atoms. The summed E-state index contributed by atoms with van der Waals surface area (Å²) >= 11 is 0. The third kappa shape index (κ3) is 5.71. The van der Waals surface area contributed by atoms with Crippen molar-refractivity contribution in [3.05, 3.63) is 29.3 Å². The van der Waals surface area contributed by atoms with Crippen molar-refractivity contribution in [3.63, 3.8) is 0 Å². The Labute approximate surface area is 104 Å². The zero-order valence-corrected chi connectivity index (χ0v) is 10.9. The number of benzene rings is 1. The van der Waals surface area contributed by atoms with Crippen molar-refractivity contribution in [2.75, 3.05) is 26.3 Å². The van der Waals surface area contributed by atoms with Gasteiger partial charge in [-0.25, -0.2) is 0 Å². The molecule has 17 heavy (non-hydrogen) atoms. The summed E-state index contributed by atoms with van der Waals surface area (Å²) in [4.78, 5) is 0. The van der Waals surface area contributed by atoms with E-state index < -0.39 is 0 Å². The lowest BCUT2D eigenvalue weighted by molar-refractivity contribution is -0.656. The van der Waals surface area contributed by atoms with Gasteiger partial charge < -0.3 is 15.2 Å². The standard InChI is InChI=1S/C14H23NO2/c1-12-5-6-14(11-13(12)2)17-10-4-3-7-15-8-9-16/h5-6,11,15-16H,3-4,7-10H2,1-2H3/p+1. The van der Waals surface area contributed by atoms with E-state index >= 15 is 0 Å². The van der Waals surface area contributed by atoms with Crippen molar-refractivity contribution in [1.82, 2.24) is 0 Å². The van der Waals surface area contributed by atoms with Crippen LogP contribution >= 0.6 is 0 Å². The molecular formula is C14H24NO2+. The minimum Gasteiger partial charge on any atom is -0.494 e. The second-order valence-electron chi connectivity index (χ2n) is 4.39. The molecule has 0 aliphatic heterocycles. The van der Waals surface area contributed by atoms with E-state index in [-0.39, 0.29) is 6.61 Å². The Morgan fingerprint density at radius 1 is 1.12 bits per heavy atom. The topological polar surface area (TPSA) is 46.1 Å². The van der Waals surface area contributed by atoms with E-state index in [0.29, 0.717) is 0 Å². The third-order valence-corrected chi connectivity index (χ3v) is 2.88. The molecule has 0 fully saturated rings. The van der Waals surface area contributed by atoms with Gasteiger partial charge in [0, 0.05) is 0 Å². The summed E-state index contributed by atoms with van der Waals surface area (Å²) in [7, 11) is 0. The Kier molecular flexibility index (Phi) is 6.67. The number of nitrogens with two attached hydrogens (primary N) is 1. The first-order chi connectivity index (χ1) is 8.24. The van der Waals surface area contributed by atoms with Crippen molar-refractivity contribution in [3.8, 4) is 5.75 Å². The number of aliphatic hydroxyl groups excluding tert-OH is 1. The summed E-state index contributed by atoms with van der Waals surface area (Å²) in [5.74, 6) is 0.965. The van der Waals surface area contributed by atoms with Crippen LogP contribution < -0.4 is 10.1 Å². The lowest BCUT2D eigenvalue weighted by Crippen LogP contribution is -2.85. The van der Waals surface area contributed by atoms with E-state index in [1.54, 1.807) is 0 Å². The molecule has 96 valence electrons. The normalized spacial score (nSPS) is 10.5. The number of hydrogen-bond acceptors (Lipinski definition) is 2. The molecule has 0 unspecified atom stereocenters. The van der Waals surface area contributed by atoms with Crippen LogP contribution in [-0.4, -0.2) is 31.4 Å². The highest BCUT2D eigenvalue weighted by molar-refractivity contribution is 5.33. The number of ether oxygens (including phenoxy) is 1. The van der Waals surface area contributed by atoms with Gasteiger partial charge in [-0.1, -0.05) is 6.07 Å². The summed E-state index contributed by atoms with van der Waals surface area (Å²) in [6.45, 7) is 7.12. The maximum absolute atomic E-state index is 8.61. The molecule has 0 radical (unpaired) electrons. The van der Waals surface area contributed by atoms with Gasteiger partial charge in [0.25, 0.3) is 0 Å². The van der Waals surface area contributed by atoms with Crippen LogP contribution in [0.5, 0.6) is 5.75 Å². The predicted molar refractivity (Wildman–Crippen MR) is 69.4 cm³/mol. The van der Waals surface area contributed by atoms with Gasteiger partial charge >= 0.3 is 0 Å². The Morgan fingerprint density at radius 3 is 2.65 bits per heavy atom. The van der Waals surface area contributed by atoms with Gasteiger partial charge in [-0.3, -0.25) is 0 Å². The monoisotopic (exact) mass is 238 g/mol. The zero-order chi connectivity index (χ0) is 12.5. The molecule has 0 saturated heterocycles. The fourth-order valence-electron chi connectivity index (χ4n) is 1.62. The summed E-state index contributed by atoms with van der Waals surface area (Å²) in [5, 5.41) is 10.7. The van der Waals surface area contributed by atoms with E-state index in [1.807, 2.05) is 6.07 Å². The van der Waals surface area contributed by atoms with Crippen molar-refractivity contribution >= 4 is 0 Å². The van der Waals surface area contributed by atoms with Gasteiger partial charge in [0.1, 0.15) is 5.75 Å². The molecule has 0 amide bonds. The second-order valence-corrected chi connectivity index (χ2v) is 4.39. The van der Waals surface area contributed by atoms with Crippen LogP contribution in [0.2, 0.25) is 0 Å². The highest BCUT2D eigenvalue weighted by atomic mass is 16.5. The first-order valence-corrected chi connectivity index (χ1v) is 6.36. The smallest absolute Gasteiger partial charge is 0.119 e. The van der Waals surface area contributed by atoms with Crippen molar-refractivity contribution in [1.29, 1.82) is 0 Å². The Bertz CT molecular complexity index is 326. The van der Waals surface area contributed by atoms with Crippen LogP contribution in [0.1, 0.15) is 24.0 Å². The van der Waals surface area contributed by atoms with E-state index in [4.69, 9.17) is 9.84 Å². The number of rotatable bonds is 8. The average Bonchev–Trinajstić information content (AvgIpc) is 2.32. The minimum atomic E-state index is 0.263. The van der Waals surface area contributed by atoms with Crippen molar-refractivity contribution in [2.45, 2.75) is 26.7 Å². The number of aryl methyl sites for hydroxylation is 2. The number of unbranched alkanes of at least 4 members (excludes halogenated alkanes) is 1. The highest BCUT2D eigenvalue weighted by Gasteiger charge is 1.97. The number of hydrogen-bond donors (Lipinski definition) is 2. The summed E-state index contributed by atoms with van der Waals surface area (Å²) in [6, 6.07) is 6.22. The highest BCUT2D eigenvalue weighted by Crippen LogP contribution is 2.16. The number of quaternary nitrogens is 1. The van der Waals surface area contributed by atoms with Crippen LogP contribution in [0, 0.1) is 13.8 Å². The molecule has 3 heteroatoms. The molecule has 1 aromatic rings. The van der Waals surface area contributed by atoms with E-state index in [0.717, 1.165) is 38.3 Å². The first-order valence-electron chi connectivity index (χ1n) is 6.36. The summed E-state index contributed by atoms with van der Waals surface area (Å²) < 4.78 is 5.69. The van der Waals surface area contributed by atoms with Gasteiger partial charge in [0.05, 0.1) is 26.3 Å². The molecule has 0 aromatic heterocycles. The fraction of sp³-hybridized carbons (Fsp3) is 0.571. The Morgan fingerprint density at radius 2 is 1.94 bits per heavy atom. The molecule has 0 aliphatic rings. The van der Waals surface area contributed by atoms with Crippen LogP contribution in [-0.2, 0) is 0 Å². The fourth-order valence-corrected chi connectivity index (χ4v) is 1.62. The molecular weight excluding hydrogens is 214 g/mol. The molecule has 1 rings (SSSR count). The van der Waals surface area contributed by atoms with E-state index in [9.17, 15) is 0 Å². The lowest BCUT2D eigenvalue weighted by atomic mass is 10.1. The molecule has 0 aliphatic carbocycles. The van der Waals surface area contributed by atoms with Crippen molar-refractivity contribution in [2.24, 2.45) is 0 Å². The van der Waals surface area contributed by atoms with Gasteiger partial charge in [-0.05, 0) is 49.9 Å². The molecule has 0 heterocycles. The first kappa shape index (κ1) is 14.0. The van der Waals surface area contributed by atoms with Crippen LogP contribution in [0.25, 0.3) is 0 Å². The second kappa shape index (κ2) is 8.09. The average molecular weight is 238 g/mol. The Hall–Kier alpha value is -1.06. The largest absolute Gasteiger partial charge is 0.494 e. The molecule has 3 nitrogen and oxygen atoms in total. The SMILES string of the molecule is Cc1ccc(OCCCC[NH2+]CCO)cc1C. The quantitative estimate of drug-likeness (QED) is 0.664. The van der Waals surface area contributed by atoms with E-state index in [2.05, 4.69) is 31.3 Å². The van der Waals surface area contributed by atoms with Crippen LogP contribution in [0.15, 0.2) is 18.2 Å². The van der Waals surface area contributed by atoms with E-state index in [1.165, 1.54) is 11.1 Å². The number of aliphatic hydroxyl groups is 1. The Balaban J connectivity index is 2.11. The maximum Gasteiger partial charge on any atom is 0.119 e. The van der Waals surface area contributed by atoms with Crippen LogP contribution in [0.3, 0.4) is 0 Å². The van der Waals surface area contributed by atoms with Gasteiger partial charge in [0.15, 0.2) is 0 Å². The molecule has 1 aromatic carbocycles. The molecule has 0 atom stereocenters. The lowest BCUT2D eigenvalue weighted by Gasteiger charge is -2.08. The van der Waals surface area contributed by atoms with Gasteiger partial charge in [-0.15, -0.1) is 0 Å². The molecule has 0 saturated carbocycles. The van der Waals surface area contributed by atoms with Gasteiger partial charge in [-0.2, -0.15) is 0 Å².